The van der Waals surface area contributed by atoms with E-state index in [-0.39, 0.29) is 6.61 Å². The first-order chi connectivity index (χ1) is 8.76. The first-order valence-corrected chi connectivity index (χ1v) is 6.38. The second-order valence-electron chi connectivity index (χ2n) is 4.99. The Bertz CT molecular complexity index is 562. The van der Waals surface area contributed by atoms with Crippen LogP contribution >= 0.6 is 0 Å². The molecule has 94 valence electrons. The second kappa shape index (κ2) is 4.53. The van der Waals surface area contributed by atoms with Crippen molar-refractivity contribution < 1.29 is 5.11 Å². The summed E-state index contributed by atoms with van der Waals surface area (Å²) >= 11 is 0. The third-order valence-electron chi connectivity index (χ3n) is 3.49. The smallest absolute Gasteiger partial charge is 0.181 e. The zero-order chi connectivity index (χ0) is 12.5. The van der Waals surface area contributed by atoms with Gasteiger partial charge in [0.1, 0.15) is 5.82 Å². The van der Waals surface area contributed by atoms with Crippen molar-refractivity contribution in [2.45, 2.75) is 26.3 Å². The van der Waals surface area contributed by atoms with Gasteiger partial charge in [-0.3, -0.25) is 0 Å². The van der Waals surface area contributed by atoms with Crippen molar-refractivity contribution in [3.63, 3.8) is 0 Å². The Balaban J connectivity index is 1.94. The van der Waals surface area contributed by atoms with Crippen LogP contribution in [0.2, 0.25) is 0 Å². The summed E-state index contributed by atoms with van der Waals surface area (Å²) in [6.07, 6.45) is 1.91. The predicted octanol–water partition coefficient (Wildman–Crippen LogP) is 1.81. The number of hydrogen-bond acceptors (Lipinski definition) is 3. The van der Waals surface area contributed by atoms with Crippen molar-refractivity contribution in [2.24, 2.45) is 5.92 Å². The summed E-state index contributed by atoms with van der Waals surface area (Å²) < 4.78 is 1.95. The van der Waals surface area contributed by atoms with Crippen LogP contribution in [0.25, 0.3) is 11.4 Å². The summed E-state index contributed by atoms with van der Waals surface area (Å²) in [5.74, 6) is 2.16. The molecule has 1 aromatic carbocycles. The fraction of sp³-hybridized carbons (Fsp3) is 0.429. The fourth-order valence-corrected chi connectivity index (χ4v) is 2.43. The molecule has 0 aliphatic carbocycles. The molecule has 0 spiro atoms. The average molecular weight is 243 g/mol. The van der Waals surface area contributed by atoms with Gasteiger partial charge >= 0.3 is 0 Å². The van der Waals surface area contributed by atoms with Gasteiger partial charge in [0.2, 0.25) is 0 Å². The quantitative estimate of drug-likeness (QED) is 0.875. The average Bonchev–Trinajstić information content (AvgIpc) is 2.81. The molecule has 3 rings (SSSR count). The van der Waals surface area contributed by atoms with Gasteiger partial charge in [0.25, 0.3) is 0 Å². The Hall–Kier alpha value is -1.68. The molecule has 0 bridgehead atoms. The van der Waals surface area contributed by atoms with Crippen LogP contribution in [-0.2, 0) is 13.0 Å². The van der Waals surface area contributed by atoms with E-state index in [1.807, 2.05) is 16.8 Å². The highest BCUT2D eigenvalue weighted by atomic mass is 16.3. The predicted molar refractivity (Wildman–Crippen MR) is 69.1 cm³/mol. The molecule has 18 heavy (non-hydrogen) atoms. The van der Waals surface area contributed by atoms with Crippen LogP contribution in [0.4, 0.5) is 0 Å². The molecule has 2 aromatic rings. The molecular weight excluding hydrogens is 226 g/mol. The fourth-order valence-electron chi connectivity index (χ4n) is 2.43. The molecule has 2 heterocycles. The number of hydrogen-bond donors (Lipinski definition) is 1. The van der Waals surface area contributed by atoms with E-state index in [1.54, 1.807) is 0 Å². The minimum Gasteiger partial charge on any atom is -0.396 e. The van der Waals surface area contributed by atoms with Crippen LogP contribution in [0.1, 0.15) is 17.8 Å². The highest BCUT2D eigenvalue weighted by Gasteiger charge is 2.21. The van der Waals surface area contributed by atoms with Crippen LogP contribution in [0.15, 0.2) is 24.3 Å². The molecule has 1 aliphatic heterocycles. The van der Waals surface area contributed by atoms with Crippen molar-refractivity contribution in [1.29, 1.82) is 0 Å². The lowest BCUT2D eigenvalue weighted by molar-refractivity contribution is 0.185. The number of nitrogens with zero attached hydrogens (tertiary/aromatic N) is 3. The van der Waals surface area contributed by atoms with Gasteiger partial charge in [0.15, 0.2) is 5.82 Å². The number of benzene rings is 1. The van der Waals surface area contributed by atoms with E-state index in [4.69, 9.17) is 0 Å². The Labute approximate surface area is 106 Å². The molecule has 1 unspecified atom stereocenters. The minimum absolute atomic E-state index is 0.235. The van der Waals surface area contributed by atoms with Gasteiger partial charge in [-0.15, -0.1) is 0 Å². The lowest BCUT2D eigenvalue weighted by Gasteiger charge is -2.19. The third kappa shape index (κ3) is 2.04. The maximum absolute atomic E-state index is 9.22. The van der Waals surface area contributed by atoms with E-state index < -0.39 is 0 Å². The van der Waals surface area contributed by atoms with E-state index >= 15 is 0 Å². The number of rotatable bonds is 2. The van der Waals surface area contributed by atoms with Gasteiger partial charge in [-0.25, -0.2) is 9.67 Å². The van der Waals surface area contributed by atoms with Crippen molar-refractivity contribution in [2.75, 3.05) is 6.61 Å². The van der Waals surface area contributed by atoms with Crippen molar-refractivity contribution >= 4 is 0 Å². The molecule has 0 amide bonds. The number of fused-ring (bicyclic) bond motifs is 1. The SMILES string of the molecule is Cc1cccc(-c2nc3n(n2)CC(CO)CC3)c1. The van der Waals surface area contributed by atoms with Gasteiger partial charge in [-0.05, 0) is 19.4 Å². The maximum Gasteiger partial charge on any atom is 0.181 e. The number of aryl methyl sites for hydroxylation is 2. The van der Waals surface area contributed by atoms with Gasteiger partial charge in [0.05, 0.1) is 0 Å². The first kappa shape index (κ1) is 11.4. The second-order valence-corrected chi connectivity index (χ2v) is 4.99. The molecule has 1 N–H and O–H groups in total. The molecule has 0 fully saturated rings. The summed E-state index contributed by atoms with van der Waals surface area (Å²) in [4.78, 5) is 4.60. The van der Waals surface area contributed by atoms with Crippen molar-refractivity contribution in [3.8, 4) is 11.4 Å². The monoisotopic (exact) mass is 243 g/mol. The topological polar surface area (TPSA) is 50.9 Å². The van der Waals surface area contributed by atoms with Crippen molar-refractivity contribution in [1.82, 2.24) is 14.8 Å². The minimum atomic E-state index is 0.235. The zero-order valence-corrected chi connectivity index (χ0v) is 10.5. The first-order valence-electron chi connectivity index (χ1n) is 6.38. The lowest BCUT2D eigenvalue weighted by atomic mass is 10.0. The van der Waals surface area contributed by atoms with Gasteiger partial charge in [0, 0.05) is 31.1 Å². The van der Waals surface area contributed by atoms with E-state index in [9.17, 15) is 5.11 Å². The maximum atomic E-state index is 9.22. The van der Waals surface area contributed by atoms with Crippen LogP contribution in [0.3, 0.4) is 0 Å². The lowest BCUT2D eigenvalue weighted by Crippen LogP contribution is -2.23. The van der Waals surface area contributed by atoms with Crippen LogP contribution in [0.5, 0.6) is 0 Å². The molecule has 0 saturated carbocycles. The number of aliphatic hydroxyl groups is 1. The summed E-state index contributed by atoms with van der Waals surface area (Å²) in [7, 11) is 0. The normalized spacial score (nSPS) is 18.7. The Kier molecular flexibility index (Phi) is 2.88. The third-order valence-corrected chi connectivity index (χ3v) is 3.49. The highest BCUT2D eigenvalue weighted by Crippen LogP contribution is 2.22. The molecule has 0 saturated heterocycles. The molecule has 1 aromatic heterocycles. The van der Waals surface area contributed by atoms with E-state index in [0.29, 0.717) is 5.92 Å². The summed E-state index contributed by atoms with van der Waals surface area (Å²) in [6.45, 7) is 3.09. The summed E-state index contributed by atoms with van der Waals surface area (Å²) in [5, 5.41) is 13.8. The van der Waals surface area contributed by atoms with E-state index in [0.717, 1.165) is 36.6 Å². The standard InChI is InChI=1S/C14H17N3O/c1-10-3-2-4-12(7-10)14-15-13-6-5-11(9-18)8-17(13)16-14/h2-4,7,11,18H,5-6,8-9H2,1H3. The zero-order valence-electron chi connectivity index (χ0n) is 10.5. The highest BCUT2D eigenvalue weighted by molar-refractivity contribution is 5.55. The molecule has 4 heteroatoms. The molecule has 1 atom stereocenters. The Morgan fingerprint density at radius 1 is 1.44 bits per heavy atom. The number of aromatic nitrogens is 3. The van der Waals surface area contributed by atoms with Crippen molar-refractivity contribution in [3.05, 3.63) is 35.7 Å². The van der Waals surface area contributed by atoms with Crippen LogP contribution < -0.4 is 0 Å². The van der Waals surface area contributed by atoms with E-state index in [2.05, 4.69) is 29.1 Å². The Morgan fingerprint density at radius 2 is 2.33 bits per heavy atom. The van der Waals surface area contributed by atoms with Gasteiger partial charge in [-0.1, -0.05) is 23.8 Å². The molecule has 4 nitrogen and oxygen atoms in total. The summed E-state index contributed by atoms with van der Waals surface area (Å²) in [5.41, 5.74) is 2.28. The Morgan fingerprint density at radius 3 is 3.11 bits per heavy atom. The van der Waals surface area contributed by atoms with Gasteiger partial charge < -0.3 is 5.11 Å². The van der Waals surface area contributed by atoms with Crippen LogP contribution in [0, 0.1) is 12.8 Å². The molecular formula is C14H17N3O. The van der Waals surface area contributed by atoms with Crippen LogP contribution in [-0.4, -0.2) is 26.5 Å². The van der Waals surface area contributed by atoms with Gasteiger partial charge in [-0.2, -0.15) is 5.10 Å². The van der Waals surface area contributed by atoms with E-state index in [1.165, 1.54) is 5.56 Å². The summed E-state index contributed by atoms with van der Waals surface area (Å²) in [6, 6.07) is 8.24. The number of aliphatic hydroxyl groups excluding tert-OH is 1. The molecule has 1 aliphatic rings. The largest absolute Gasteiger partial charge is 0.396 e. The molecule has 0 radical (unpaired) electrons.